The van der Waals surface area contributed by atoms with Crippen molar-refractivity contribution in [2.45, 2.75) is 39.3 Å². The maximum atomic E-state index is 12.0. The summed E-state index contributed by atoms with van der Waals surface area (Å²) in [6.45, 7) is 6.25. The summed E-state index contributed by atoms with van der Waals surface area (Å²) in [5.74, 6) is 0.240. The Labute approximate surface area is 114 Å². The van der Waals surface area contributed by atoms with Gasteiger partial charge in [0.1, 0.15) is 6.04 Å². The molecule has 1 aromatic rings. The minimum Gasteiger partial charge on any atom is -0.481 e. The molecule has 0 aliphatic carbocycles. The number of hydrogen-bond acceptors (Lipinski definition) is 5. The Morgan fingerprint density at radius 2 is 2.16 bits per heavy atom. The molecule has 0 aromatic carbocycles. The molecule has 1 N–H and O–H groups in total. The summed E-state index contributed by atoms with van der Waals surface area (Å²) in [7, 11) is 1.56. The van der Waals surface area contributed by atoms with Gasteiger partial charge in [0.2, 0.25) is 5.88 Å². The predicted molar refractivity (Wildman–Crippen MR) is 73.1 cm³/mol. The number of nitrogens with one attached hydrogen (secondary N) is 1. The highest BCUT2D eigenvalue weighted by molar-refractivity contribution is 5.77. The first-order valence-corrected chi connectivity index (χ1v) is 6.54. The third-order valence-corrected chi connectivity index (χ3v) is 2.89. The fraction of sp³-hybridized carbons (Fsp3) is 0.571. The van der Waals surface area contributed by atoms with E-state index in [-0.39, 0.29) is 12.0 Å². The molecule has 1 aromatic heterocycles. The van der Waals surface area contributed by atoms with Crippen LogP contribution in [-0.2, 0) is 9.53 Å². The molecule has 0 aliphatic rings. The number of esters is 1. The van der Waals surface area contributed by atoms with Gasteiger partial charge in [0.15, 0.2) is 0 Å². The maximum absolute atomic E-state index is 12.0. The maximum Gasteiger partial charge on any atom is 0.327 e. The van der Waals surface area contributed by atoms with E-state index >= 15 is 0 Å². The van der Waals surface area contributed by atoms with E-state index in [1.54, 1.807) is 26.3 Å². The molecule has 1 rings (SSSR count). The molecule has 19 heavy (non-hydrogen) atoms. The van der Waals surface area contributed by atoms with Crippen LogP contribution in [0.25, 0.3) is 0 Å². The van der Waals surface area contributed by atoms with E-state index in [1.165, 1.54) is 0 Å². The predicted octanol–water partition coefficient (Wildman–Crippen LogP) is 2.08. The van der Waals surface area contributed by atoms with Crippen molar-refractivity contribution in [3.05, 3.63) is 23.9 Å². The van der Waals surface area contributed by atoms with Crippen LogP contribution in [-0.4, -0.2) is 30.7 Å². The highest BCUT2D eigenvalue weighted by Gasteiger charge is 2.23. The van der Waals surface area contributed by atoms with Gasteiger partial charge in [-0.2, -0.15) is 0 Å². The fourth-order valence-electron chi connectivity index (χ4n) is 1.61. The minimum absolute atomic E-state index is 0.219. The normalized spacial score (nSPS) is 13.7. The summed E-state index contributed by atoms with van der Waals surface area (Å²) in [4.78, 5) is 16.1. The van der Waals surface area contributed by atoms with Crippen molar-refractivity contribution in [3.8, 4) is 5.88 Å². The standard InChI is InChI=1S/C14H22N2O3/c1-5-10(3)16-13(14(17)19-6-2)11-7-8-12(18-4)15-9-11/h7-10,13,16H,5-6H2,1-4H3. The molecule has 5 heteroatoms. The van der Waals surface area contributed by atoms with Crippen molar-refractivity contribution in [1.82, 2.24) is 10.3 Å². The second-order valence-electron chi connectivity index (χ2n) is 4.29. The Morgan fingerprint density at radius 3 is 2.63 bits per heavy atom. The zero-order valence-corrected chi connectivity index (χ0v) is 12.0. The number of hydrogen-bond donors (Lipinski definition) is 1. The molecular formula is C14H22N2O3. The Kier molecular flexibility index (Phi) is 6.29. The van der Waals surface area contributed by atoms with Crippen molar-refractivity contribution < 1.29 is 14.3 Å². The van der Waals surface area contributed by atoms with Crippen LogP contribution in [0.1, 0.15) is 38.8 Å². The van der Waals surface area contributed by atoms with Gasteiger partial charge in [0.05, 0.1) is 13.7 Å². The van der Waals surface area contributed by atoms with Gasteiger partial charge in [-0.3, -0.25) is 5.32 Å². The Bertz CT molecular complexity index is 392. The zero-order chi connectivity index (χ0) is 14.3. The van der Waals surface area contributed by atoms with E-state index in [0.717, 1.165) is 12.0 Å². The topological polar surface area (TPSA) is 60.5 Å². The molecule has 1 heterocycles. The Balaban J connectivity index is 2.90. The molecule has 0 amide bonds. The third kappa shape index (κ3) is 4.52. The molecule has 0 saturated carbocycles. The van der Waals surface area contributed by atoms with Gasteiger partial charge in [-0.1, -0.05) is 6.92 Å². The van der Waals surface area contributed by atoms with Gasteiger partial charge < -0.3 is 9.47 Å². The highest BCUT2D eigenvalue weighted by Crippen LogP contribution is 2.17. The molecular weight excluding hydrogens is 244 g/mol. The summed E-state index contributed by atoms with van der Waals surface area (Å²) in [5.41, 5.74) is 0.777. The number of carbonyl (C=O) groups is 1. The summed E-state index contributed by atoms with van der Waals surface area (Å²) < 4.78 is 10.1. The van der Waals surface area contributed by atoms with E-state index in [9.17, 15) is 4.79 Å². The number of aromatic nitrogens is 1. The highest BCUT2D eigenvalue weighted by atomic mass is 16.5. The largest absolute Gasteiger partial charge is 0.481 e. The van der Waals surface area contributed by atoms with Crippen molar-refractivity contribution in [2.75, 3.05) is 13.7 Å². The number of nitrogens with zero attached hydrogens (tertiary/aromatic N) is 1. The molecule has 0 aliphatic heterocycles. The average molecular weight is 266 g/mol. The number of ether oxygens (including phenoxy) is 2. The molecule has 0 spiro atoms. The first-order valence-electron chi connectivity index (χ1n) is 6.54. The molecule has 2 atom stereocenters. The Morgan fingerprint density at radius 1 is 1.42 bits per heavy atom. The number of carbonyl (C=O) groups excluding carboxylic acids is 1. The van der Waals surface area contributed by atoms with Crippen LogP contribution in [0.4, 0.5) is 0 Å². The van der Waals surface area contributed by atoms with Crippen LogP contribution in [0.2, 0.25) is 0 Å². The lowest BCUT2D eigenvalue weighted by Crippen LogP contribution is -2.36. The summed E-state index contributed by atoms with van der Waals surface area (Å²) in [5, 5.41) is 3.25. The SMILES string of the molecule is CCOC(=O)C(NC(C)CC)c1ccc(OC)nc1. The smallest absolute Gasteiger partial charge is 0.327 e. The lowest BCUT2D eigenvalue weighted by molar-refractivity contribution is -0.146. The molecule has 0 radical (unpaired) electrons. The van der Waals surface area contributed by atoms with Crippen LogP contribution in [0, 0.1) is 0 Å². The fourth-order valence-corrected chi connectivity index (χ4v) is 1.61. The van der Waals surface area contributed by atoms with Crippen LogP contribution in [0.15, 0.2) is 18.3 Å². The minimum atomic E-state index is -0.492. The lowest BCUT2D eigenvalue weighted by Gasteiger charge is -2.21. The van der Waals surface area contributed by atoms with Gasteiger partial charge in [0.25, 0.3) is 0 Å². The van der Waals surface area contributed by atoms with Crippen LogP contribution in [0.3, 0.4) is 0 Å². The lowest BCUT2D eigenvalue weighted by atomic mass is 10.1. The first kappa shape index (κ1) is 15.4. The van der Waals surface area contributed by atoms with Gasteiger partial charge in [-0.15, -0.1) is 0 Å². The van der Waals surface area contributed by atoms with Crippen LogP contribution >= 0.6 is 0 Å². The second kappa shape index (κ2) is 7.74. The van der Waals surface area contributed by atoms with Crippen molar-refractivity contribution in [2.24, 2.45) is 0 Å². The number of methoxy groups -OCH3 is 1. The molecule has 5 nitrogen and oxygen atoms in total. The molecule has 106 valence electrons. The average Bonchev–Trinajstić information content (AvgIpc) is 2.44. The number of rotatable bonds is 7. The van der Waals surface area contributed by atoms with Crippen molar-refractivity contribution in [3.63, 3.8) is 0 Å². The van der Waals surface area contributed by atoms with Gasteiger partial charge in [-0.25, -0.2) is 9.78 Å². The quantitative estimate of drug-likeness (QED) is 0.766. The van der Waals surface area contributed by atoms with Crippen LogP contribution < -0.4 is 10.1 Å². The molecule has 0 fully saturated rings. The number of pyridine rings is 1. The third-order valence-electron chi connectivity index (χ3n) is 2.89. The van der Waals surface area contributed by atoms with E-state index in [1.807, 2.05) is 13.0 Å². The zero-order valence-electron chi connectivity index (χ0n) is 12.0. The van der Waals surface area contributed by atoms with Crippen LogP contribution in [0.5, 0.6) is 5.88 Å². The summed E-state index contributed by atoms with van der Waals surface area (Å²) in [6, 6.07) is 3.28. The van der Waals surface area contributed by atoms with E-state index in [4.69, 9.17) is 9.47 Å². The Hall–Kier alpha value is -1.62. The summed E-state index contributed by atoms with van der Waals surface area (Å²) >= 11 is 0. The van der Waals surface area contributed by atoms with Crippen molar-refractivity contribution in [1.29, 1.82) is 0 Å². The molecule has 0 bridgehead atoms. The van der Waals surface area contributed by atoms with Gasteiger partial charge in [0, 0.05) is 18.3 Å². The second-order valence-corrected chi connectivity index (χ2v) is 4.29. The molecule has 2 unspecified atom stereocenters. The van der Waals surface area contributed by atoms with E-state index in [2.05, 4.69) is 17.2 Å². The monoisotopic (exact) mass is 266 g/mol. The summed E-state index contributed by atoms with van der Waals surface area (Å²) in [6.07, 6.45) is 2.56. The van der Waals surface area contributed by atoms with E-state index in [0.29, 0.717) is 12.5 Å². The van der Waals surface area contributed by atoms with E-state index < -0.39 is 6.04 Å². The molecule has 0 saturated heterocycles. The van der Waals surface area contributed by atoms with Crippen molar-refractivity contribution >= 4 is 5.97 Å². The van der Waals surface area contributed by atoms with Gasteiger partial charge in [-0.05, 0) is 31.9 Å². The first-order chi connectivity index (χ1) is 9.12. The van der Waals surface area contributed by atoms with Gasteiger partial charge >= 0.3 is 5.97 Å².